The molecule has 13 nitrogen and oxygen atoms in total. The summed E-state index contributed by atoms with van der Waals surface area (Å²) in [4.78, 5) is 56.9. The van der Waals surface area contributed by atoms with Gasteiger partial charge in [-0.3, -0.25) is 4.90 Å². The molecule has 1 aliphatic heterocycles. The van der Waals surface area contributed by atoms with Crippen molar-refractivity contribution in [2.45, 2.75) is 142 Å². The predicted octanol–water partition coefficient (Wildman–Crippen LogP) is 7.40. The van der Waals surface area contributed by atoms with Crippen LogP contribution < -0.4 is 14.8 Å². The van der Waals surface area contributed by atoms with Crippen LogP contribution in [-0.2, 0) is 23.8 Å². The Bertz CT molecular complexity index is 1760. The number of nitrogens with one attached hydrogen (secondary N) is 1. The Morgan fingerprint density at radius 1 is 1.09 bits per heavy atom. The van der Waals surface area contributed by atoms with E-state index in [2.05, 4.69) is 24.1 Å². The zero-order chi connectivity index (χ0) is 39.8. The van der Waals surface area contributed by atoms with E-state index < -0.39 is 53.3 Å². The van der Waals surface area contributed by atoms with Gasteiger partial charge in [-0.25, -0.2) is 24.2 Å². The number of methoxy groups -OCH3 is 1. The van der Waals surface area contributed by atoms with Crippen molar-refractivity contribution in [3.8, 4) is 23.5 Å². The van der Waals surface area contributed by atoms with Crippen molar-refractivity contribution < 1.29 is 48.0 Å². The van der Waals surface area contributed by atoms with Crippen LogP contribution in [0.3, 0.4) is 0 Å². The second kappa shape index (κ2) is 18.3. The predicted molar refractivity (Wildman–Crippen MR) is 205 cm³/mol. The second-order valence-corrected chi connectivity index (χ2v) is 16.3. The molecule has 5 rings (SSSR count). The third-order valence-corrected chi connectivity index (χ3v) is 10.6. The number of nitrogens with zero attached hydrogens (tertiary/aromatic N) is 2. The molecular weight excluding hydrogens is 706 g/mol. The largest absolute Gasteiger partial charge is 0.491 e. The number of pyridine rings is 1. The number of carbonyl (C=O) groups excluding carboxylic acids is 3. The molecular formula is C42H57N3O10. The monoisotopic (exact) mass is 763 g/mol. The number of carboxylic acids is 1. The molecule has 2 heterocycles. The number of para-hydroxylation sites is 1. The Balaban J connectivity index is 1.26. The summed E-state index contributed by atoms with van der Waals surface area (Å²) in [5, 5.41) is 13.3. The Kier molecular flexibility index (Phi) is 13.8. The molecule has 2 N–H and O–H groups in total. The number of carbonyl (C=O) groups is 4. The summed E-state index contributed by atoms with van der Waals surface area (Å²) >= 11 is 0. The van der Waals surface area contributed by atoms with Gasteiger partial charge in [0.25, 0.3) is 0 Å². The van der Waals surface area contributed by atoms with E-state index in [0.717, 1.165) is 69.6 Å². The molecule has 2 saturated carbocycles. The van der Waals surface area contributed by atoms with Gasteiger partial charge in [0.2, 0.25) is 5.88 Å². The van der Waals surface area contributed by atoms with Crippen LogP contribution >= 0.6 is 0 Å². The lowest BCUT2D eigenvalue weighted by atomic mass is 9.70. The van der Waals surface area contributed by atoms with Crippen LogP contribution in [0.4, 0.5) is 9.59 Å². The van der Waals surface area contributed by atoms with Crippen molar-refractivity contribution in [1.29, 1.82) is 0 Å². The van der Waals surface area contributed by atoms with Crippen LogP contribution in [0.1, 0.15) is 117 Å². The Labute approximate surface area is 324 Å². The van der Waals surface area contributed by atoms with Gasteiger partial charge >= 0.3 is 24.1 Å². The van der Waals surface area contributed by atoms with E-state index in [9.17, 15) is 24.3 Å². The number of alkyl carbamates (subject to hydrolysis) is 1. The van der Waals surface area contributed by atoms with Crippen molar-refractivity contribution in [2.24, 2.45) is 11.3 Å². The fourth-order valence-electron chi connectivity index (χ4n) is 7.49. The average Bonchev–Trinajstić information content (AvgIpc) is 3.72. The van der Waals surface area contributed by atoms with Crippen LogP contribution in [-0.4, -0.2) is 89.3 Å². The van der Waals surface area contributed by atoms with Crippen LogP contribution in [0, 0.1) is 23.2 Å². The van der Waals surface area contributed by atoms with E-state index in [0.29, 0.717) is 29.9 Å². The Morgan fingerprint density at radius 3 is 2.53 bits per heavy atom. The van der Waals surface area contributed by atoms with Crippen molar-refractivity contribution in [3.63, 3.8) is 0 Å². The fourth-order valence-corrected chi connectivity index (χ4v) is 7.49. The molecule has 0 unspecified atom stereocenters. The minimum Gasteiger partial charge on any atom is -0.491 e. The van der Waals surface area contributed by atoms with E-state index >= 15 is 0 Å². The number of amides is 2. The summed E-state index contributed by atoms with van der Waals surface area (Å²) in [6.45, 7) is 9.87. The molecule has 0 spiro atoms. The summed E-state index contributed by atoms with van der Waals surface area (Å²) in [5.41, 5.74) is -0.0959. The normalized spacial score (nSPS) is 22.1. The SMILES string of the molecule is CCCCOc1c(C#CCCC[C@@H]2C[C@H]2OC(=O)N[C@H](C(=O)O)C2(C)CCCCC2)c(O[C@@H]2C[C@@H](C(=O)OC)N(C(=O)OC(C)(C)C)C2)nc2ccccc12. The highest BCUT2D eigenvalue weighted by Crippen LogP contribution is 2.41. The molecule has 0 bridgehead atoms. The standard InChI is InChI=1S/C42H57N3O10/c1-7-8-23-52-34-29-18-13-14-20-31(29)43-36(53-28-25-32(38(48)51-6)45(26-28)40(50)55-41(2,3)4)30(34)19-12-9-11-17-27-24-33(27)54-39(49)44-35(37(46)47)42(5)21-15-10-16-22-42/h13-14,18,20,27-28,32-33,35H,7-11,15-17,21-26H2,1-6H3,(H,44,49)(H,46,47)/t27-,28-,32+,33-,35-/m1/s1. The van der Waals surface area contributed by atoms with Gasteiger partial charge in [0, 0.05) is 18.2 Å². The lowest BCUT2D eigenvalue weighted by Gasteiger charge is -2.38. The van der Waals surface area contributed by atoms with Crippen molar-refractivity contribution in [1.82, 2.24) is 15.2 Å². The average molecular weight is 764 g/mol. The summed E-state index contributed by atoms with van der Waals surface area (Å²) in [7, 11) is 1.28. The van der Waals surface area contributed by atoms with E-state index in [4.69, 9.17) is 28.7 Å². The third-order valence-electron chi connectivity index (χ3n) is 10.6. The number of rotatable bonds is 14. The van der Waals surface area contributed by atoms with Crippen molar-refractivity contribution in [3.05, 3.63) is 29.8 Å². The minimum absolute atomic E-state index is 0.0843. The molecule has 2 amide bonds. The fraction of sp³-hybridized carbons (Fsp3) is 0.643. The van der Waals surface area contributed by atoms with Gasteiger partial charge in [0.05, 0.1) is 25.8 Å². The lowest BCUT2D eigenvalue weighted by molar-refractivity contribution is -0.146. The number of ether oxygens (including phenoxy) is 5. The molecule has 55 heavy (non-hydrogen) atoms. The van der Waals surface area contributed by atoms with Crippen molar-refractivity contribution >= 4 is 35.0 Å². The van der Waals surface area contributed by atoms with Gasteiger partial charge in [0.1, 0.15) is 41.2 Å². The number of carboxylic acid groups (broad SMARTS) is 1. The van der Waals surface area contributed by atoms with Gasteiger partial charge in [-0.15, -0.1) is 0 Å². The van der Waals surface area contributed by atoms with Gasteiger partial charge in [-0.05, 0) is 82.8 Å². The first-order valence-electron chi connectivity index (χ1n) is 19.7. The van der Waals surface area contributed by atoms with Crippen LogP contribution in [0.2, 0.25) is 0 Å². The summed E-state index contributed by atoms with van der Waals surface area (Å²) in [5.74, 6) is 5.97. The van der Waals surface area contributed by atoms with Crippen LogP contribution in [0.25, 0.3) is 10.9 Å². The number of benzene rings is 1. The maximum absolute atomic E-state index is 13.1. The lowest BCUT2D eigenvalue weighted by Crippen LogP contribution is -2.52. The highest BCUT2D eigenvalue weighted by atomic mass is 16.6. The quantitative estimate of drug-likeness (QED) is 0.0853. The number of likely N-dealkylation sites (tertiary alicyclic amines) is 1. The molecule has 2 aromatic rings. The van der Waals surface area contributed by atoms with E-state index in [1.54, 1.807) is 20.8 Å². The number of aliphatic carboxylic acids is 1. The highest BCUT2D eigenvalue weighted by molar-refractivity contribution is 5.89. The van der Waals surface area contributed by atoms with Gasteiger partial charge in [0.15, 0.2) is 0 Å². The van der Waals surface area contributed by atoms with E-state index in [1.807, 2.05) is 31.2 Å². The highest BCUT2D eigenvalue weighted by Gasteiger charge is 2.45. The molecule has 1 aromatic heterocycles. The Morgan fingerprint density at radius 2 is 1.84 bits per heavy atom. The van der Waals surface area contributed by atoms with Crippen LogP contribution in [0.5, 0.6) is 11.6 Å². The molecule has 3 aliphatic rings. The number of fused-ring (bicyclic) bond motifs is 1. The molecule has 300 valence electrons. The number of esters is 1. The van der Waals surface area contributed by atoms with Gasteiger partial charge in [-0.1, -0.05) is 63.5 Å². The molecule has 5 atom stereocenters. The van der Waals surface area contributed by atoms with E-state index in [-0.39, 0.29) is 30.9 Å². The maximum Gasteiger partial charge on any atom is 0.411 e. The number of hydrogen-bond donors (Lipinski definition) is 2. The third kappa shape index (κ3) is 10.9. The molecule has 2 aliphatic carbocycles. The van der Waals surface area contributed by atoms with E-state index in [1.165, 1.54) is 12.0 Å². The van der Waals surface area contributed by atoms with Gasteiger partial charge < -0.3 is 34.1 Å². The topological polar surface area (TPSA) is 163 Å². The smallest absolute Gasteiger partial charge is 0.411 e. The first kappa shape index (κ1) is 41.4. The summed E-state index contributed by atoms with van der Waals surface area (Å²) < 4.78 is 29.1. The molecule has 13 heteroatoms. The summed E-state index contributed by atoms with van der Waals surface area (Å²) in [6, 6.07) is 5.74. The molecule has 1 aromatic carbocycles. The maximum atomic E-state index is 13.1. The second-order valence-electron chi connectivity index (χ2n) is 16.3. The molecule has 0 radical (unpaired) electrons. The first-order chi connectivity index (χ1) is 26.2. The zero-order valence-electron chi connectivity index (χ0n) is 33.1. The molecule has 1 saturated heterocycles. The zero-order valence-corrected chi connectivity index (χ0v) is 33.1. The number of hydrogen-bond acceptors (Lipinski definition) is 10. The number of aromatic nitrogens is 1. The number of unbranched alkanes of at least 4 members (excludes halogenated alkanes) is 2. The van der Waals surface area contributed by atoms with Crippen LogP contribution in [0.15, 0.2) is 24.3 Å². The summed E-state index contributed by atoms with van der Waals surface area (Å²) in [6.07, 6.45) is 7.15. The first-order valence-corrected chi connectivity index (χ1v) is 19.7. The Hall–Kier alpha value is -4.73. The van der Waals surface area contributed by atoms with Gasteiger partial charge in [-0.2, -0.15) is 0 Å². The minimum atomic E-state index is -1.03. The molecule has 3 fully saturated rings. The van der Waals surface area contributed by atoms with Crippen molar-refractivity contribution in [2.75, 3.05) is 20.3 Å².